The molecule has 0 heterocycles. The van der Waals surface area contributed by atoms with Crippen molar-refractivity contribution in [2.75, 3.05) is 32.8 Å². The van der Waals surface area contributed by atoms with Crippen LogP contribution in [0.15, 0.2) is 24.8 Å². The first-order valence-electron chi connectivity index (χ1n) is 6.88. The number of nitrogens with zero attached hydrogens (tertiary/aromatic N) is 1. The number of hydrogen-bond acceptors (Lipinski definition) is 4. The number of esters is 1. The Bertz CT molecular complexity index is 311. The lowest BCUT2D eigenvalue weighted by Crippen LogP contribution is -2.27. The van der Waals surface area contributed by atoms with E-state index >= 15 is 0 Å². The number of amides is 1. The van der Waals surface area contributed by atoms with Crippen LogP contribution in [0.5, 0.6) is 0 Å². The Morgan fingerprint density at radius 2 is 1.76 bits per heavy atom. The van der Waals surface area contributed by atoms with Crippen LogP contribution < -0.4 is 5.32 Å². The Balaban J connectivity index is -0.000000347. The number of ether oxygens (including phenoxy) is 1. The van der Waals surface area contributed by atoms with Gasteiger partial charge in [0, 0.05) is 18.7 Å². The van der Waals surface area contributed by atoms with Gasteiger partial charge in [-0.15, -0.1) is 0 Å². The SMILES string of the molecule is C.C=C(C)C(=O)OCCN(CC)CC.C=CC(=O)NCC. The van der Waals surface area contributed by atoms with Crippen LogP contribution in [0, 0.1) is 0 Å². The van der Waals surface area contributed by atoms with E-state index in [4.69, 9.17) is 4.74 Å². The van der Waals surface area contributed by atoms with E-state index in [1.807, 2.05) is 6.92 Å². The van der Waals surface area contributed by atoms with E-state index in [1.165, 1.54) is 6.08 Å². The van der Waals surface area contributed by atoms with Gasteiger partial charge in [-0.25, -0.2) is 4.79 Å². The molecule has 0 saturated carbocycles. The highest BCUT2D eigenvalue weighted by Gasteiger charge is 2.04. The minimum absolute atomic E-state index is 0. The van der Waals surface area contributed by atoms with Gasteiger partial charge >= 0.3 is 5.97 Å². The van der Waals surface area contributed by atoms with Crippen LogP contribution in [0.25, 0.3) is 0 Å². The van der Waals surface area contributed by atoms with E-state index in [0.717, 1.165) is 19.6 Å². The molecule has 1 N–H and O–H groups in total. The molecule has 21 heavy (non-hydrogen) atoms. The molecule has 0 aromatic carbocycles. The molecule has 0 aliphatic carbocycles. The molecule has 0 unspecified atom stereocenters. The van der Waals surface area contributed by atoms with Gasteiger partial charge in [0.05, 0.1) is 0 Å². The fraction of sp³-hybridized carbons (Fsp3) is 0.625. The average Bonchev–Trinajstić information content (AvgIpc) is 2.44. The molecule has 0 aliphatic heterocycles. The number of carbonyl (C=O) groups is 2. The molecule has 0 bridgehead atoms. The molecule has 0 radical (unpaired) electrons. The Hall–Kier alpha value is -1.62. The highest BCUT2D eigenvalue weighted by atomic mass is 16.5. The van der Waals surface area contributed by atoms with Crippen molar-refractivity contribution < 1.29 is 14.3 Å². The molecular formula is C16H32N2O3. The second kappa shape index (κ2) is 16.4. The second-order valence-electron chi connectivity index (χ2n) is 4.04. The second-order valence-corrected chi connectivity index (χ2v) is 4.04. The Kier molecular flexibility index (Phi) is 19.1. The zero-order valence-electron chi connectivity index (χ0n) is 13.2. The molecule has 0 fully saturated rings. The van der Waals surface area contributed by atoms with Crippen LogP contribution in [0.4, 0.5) is 0 Å². The summed E-state index contributed by atoms with van der Waals surface area (Å²) < 4.78 is 4.96. The maximum Gasteiger partial charge on any atom is 0.333 e. The van der Waals surface area contributed by atoms with Gasteiger partial charge in [-0.1, -0.05) is 34.4 Å². The predicted octanol–water partition coefficient (Wildman–Crippen LogP) is 2.39. The summed E-state index contributed by atoms with van der Waals surface area (Å²) in [5.41, 5.74) is 0.458. The summed E-state index contributed by atoms with van der Waals surface area (Å²) in [6.45, 7) is 18.4. The first-order chi connectivity index (χ1) is 9.42. The third kappa shape index (κ3) is 16.3. The van der Waals surface area contributed by atoms with Crippen molar-refractivity contribution in [2.45, 2.75) is 35.1 Å². The van der Waals surface area contributed by atoms with Gasteiger partial charge in [-0.3, -0.25) is 4.79 Å². The number of nitrogens with one attached hydrogen (secondary N) is 1. The van der Waals surface area contributed by atoms with Crippen LogP contribution in [0.1, 0.15) is 35.1 Å². The minimum atomic E-state index is -0.299. The minimum Gasteiger partial charge on any atom is -0.461 e. The van der Waals surface area contributed by atoms with E-state index in [9.17, 15) is 9.59 Å². The van der Waals surface area contributed by atoms with E-state index < -0.39 is 0 Å². The van der Waals surface area contributed by atoms with Crippen LogP contribution in [0.3, 0.4) is 0 Å². The third-order valence-corrected chi connectivity index (χ3v) is 2.42. The first-order valence-corrected chi connectivity index (χ1v) is 6.88. The first kappa shape index (κ1) is 24.4. The maximum absolute atomic E-state index is 11.0. The molecule has 0 aromatic heterocycles. The number of likely N-dealkylation sites (N-methyl/N-ethyl adjacent to an activating group) is 2. The maximum atomic E-state index is 11.0. The molecule has 0 atom stereocenters. The van der Waals surface area contributed by atoms with E-state index in [2.05, 4.69) is 37.2 Å². The van der Waals surface area contributed by atoms with Crippen molar-refractivity contribution >= 4 is 11.9 Å². The quantitative estimate of drug-likeness (QED) is 0.552. The van der Waals surface area contributed by atoms with E-state index in [0.29, 0.717) is 18.7 Å². The van der Waals surface area contributed by atoms with Gasteiger partial charge in [0.2, 0.25) is 5.91 Å². The van der Waals surface area contributed by atoms with E-state index in [1.54, 1.807) is 6.92 Å². The smallest absolute Gasteiger partial charge is 0.333 e. The third-order valence-electron chi connectivity index (χ3n) is 2.42. The van der Waals surface area contributed by atoms with Gasteiger partial charge in [-0.05, 0) is 33.0 Å². The Labute approximate surface area is 130 Å². The van der Waals surface area contributed by atoms with Crippen molar-refractivity contribution in [3.05, 3.63) is 24.8 Å². The Morgan fingerprint density at radius 3 is 2.05 bits per heavy atom. The number of rotatable bonds is 8. The molecule has 1 amide bonds. The average molecular weight is 300 g/mol. The molecule has 5 heteroatoms. The monoisotopic (exact) mass is 300 g/mol. The fourth-order valence-electron chi connectivity index (χ4n) is 1.18. The topological polar surface area (TPSA) is 58.6 Å². The lowest BCUT2D eigenvalue weighted by Gasteiger charge is -2.17. The molecule has 124 valence electrons. The van der Waals surface area contributed by atoms with Crippen molar-refractivity contribution in [2.24, 2.45) is 0 Å². The van der Waals surface area contributed by atoms with Crippen LogP contribution >= 0.6 is 0 Å². The highest BCUT2D eigenvalue weighted by Crippen LogP contribution is 1.93. The van der Waals surface area contributed by atoms with E-state index in [-0.39, 0.29) is 19.3 Å². The summed E-state index contributed by atoms with van der Waals surface area (Å²) >= 11 is 0. The van der Waals surface area contributed by atoms with Gasteiger partial charge in [0.1, 0.15) is 6.61 Å². The van der Waals surface area contributed by atoms with Gasteiger partial charge in [0.25, 0.3) is 0 Å². The van der Waals surface area contributed by atoms with Gasteiger partial charge < -0.3 is 15.0 Å². The van der Waals surface area contributed by atoms with Crippen molar-refractivity contribution in [3.63, 3.8) is 0 Å². The fourth-order valence-corrected chi connectivity index (χ4v) is 1.18. The largest absolute Gasteiger partial charge is 0.461 e. The van der Waals surface area contributed by atoms with Gasteiger partial charge in [-0.2, -0.15) is 0 Å². The molecule has 0 rings (SSSR count). The molecule has 0 saturated heterocycles. The van der Waals surface area contributed by atoms with Crippen LogP contribution in [-0.4, -0.2) is 49.6 Å². The van der Waals surface area contributed by atoms with Crippen molar-refractivity contribution in [1.29, 1.82) is 0 Å². The van der Waals surface area contributed by atoms with Crippen LogP contribution in [-0.2, 0) is 14.3 Å². The summed E-state index contributed by atoms with van der Waals surface area (Å²) in [5, 5.41) is 2.54. The van der Waals surface area contributed by atoms with Crippen molar-refractivity contribution in [3.8, 4) is 0 Å². The highest BCUT2D eigenvalue weighted by molar-refractivity contribution is 5.87. The summed E-state index contributed by atoms with van der Waals surface area (Å²) in [7, 11) is 0. The van der Waals surface area contributed by atoms with Gasteiger partial charge in [0.15, 0.2) is 0 Å². The summed E-state index contributed by atoms with van der Waals surface area (Å²) in [6, 6.07) is 0. The lowest BCUT2D eigenvalue weighted by atomic mass is 10.4. The molecular weight excluding hydrogens is 268 g/mol. The summed E-state index contributed by atoms with van der Waals surface area (Å²) in [5.74, 6) is -0.408. The van der Waals surface area contributed by atoms with Crippen LogP contribution in [0.2, 0.25) is 0 Å². The molecule has 0 aromatic rings. The standard InChI is InChI=1S/C10H19NO2.C5H9NO.CH4/c1-5-11(6-2)7-8-13-10(12)9(3)4;1-3-5(7)6-4-2;/h3,5-8H2,1-2,4H3;3H,1,4H2,2H3,(H,6,7);1H4. The summed E-state index contributed by atoms with van der Waals surface area (Å²) in [4.78, 5) is 23.3. The predicted molar refractivity (Wildman–Crippen MR) is 89.2 cm³/mol. The molecule has 5 nitrogen and oxygen atoms in total. The lowest BCUT2D eigenvalue weighted by molar-refractivity contribution is -0.139. The normalized spacial score (nSPS) is 8.81. The summed E-state index contributed by atoms with van der Waals surface area (Å²) in [6.07, 6.45) is 1.25. The number of carbonyl (C=O) groups excluding carboxylic acids is 2. The zero-order valence-corrected chi connectivity index (χ0v) is 13.2. The number of hydrogen-bond donors (Lipinski definition) is 1. The zero-order chi connectivity index (χ0) is 16.0. The Morgan fingerprint density at radius 1 is 1.24 bits per heavy atom. The van der Waals surface area contributed by atoms with Crippen molar-refractivity contribution in [1.82, 2.24) is 10.2 Å². The molecule has 0 spiro atoms. The molecule has 0 aliphatic rings.